The van der Waals surface area contributed by atoms with Crippen molar-refractivity contribution >= 4 is 23.5 Å². The number of nitrogens with one attached hydrogen (secondary N) is 1. The largest absolute Gasteiger partial charge is 0.495 e. The number of benzene rings is 1. The van der Waals surface area contributed by atoms with Gasteiger partial charge in [0.05, 0.1) is 24.6 Å². The van der Waals surface area contributed by atoms with Gasteiger partial charge in [0.25, 0.3) is 5.91 Å². The summed E-state index contributed by atoms with van der Waals surface area (Å²) in [4.78, 5) is 36.4. The molecule has 1 aromatic carbocycles. The Kier molecular flexibility index (Phi) is 3.86. The van der Waals surface area contributed by atoms with Crippen LogP contribution in [0.2, 0.25) is 0 Å². The molecule has 1 aromatic rings. The first-order valence-electron chi connectivity index (χ1n) is 8.38. The number of anilines is 1. The average Bonchev–Trinajstić information content (AvgIpc) is 3.22. The number of carbonyl (C=O) groups is 3. The van der Waals surface area contributed by atoms with Gasteiger partial charge < -0.3 is 19.5 Å². The summed E-state index contributed by atoms with van der Waals surface area (Å²) in [5.74, 6) is -1.32. The van der Waals surface area contributed by atoms with Gasteiger partial charge in [-0.25, -0.2) is 0 Å². The van der Waals surface area contributed by atoms with Crippen molar-refractivity contribution < 1.29 is 28.6 Å². The lowest BCUT2D eigenvalue weighted by Gasteiger charge is -2.22. The third-order valence-corrected chi connectivity index (χ3v) is 5.48. The van der Waals surface area contributed by atoms with Crippen LogP contribution in [-0.2, 0) is 23.9 Å². The van der Waals surface area contributed by atoms with Crippen molar-refractivity contribution in [3.63, 3.8) is 0 Å². The van der Waals surface area contributed by atoms with Crippen LogP contribution in [0.1, 0.15) is 12.8 Å². The van der Waals surface area contributed by atoms with Crippen molar-refractivity contribution in [3.05, 3.63) is 24.3 Å². The smallest absolute Gasteiger partial charge is 0.310 e. The second kappa shape index (κ2) is 6.06. The second-order valence-corrected chi connectivity index (χ2v) is 6.78. The Morgan fingerprint density at radius 2 is 2.08 bits per heavy atom. The number of ether oxygens (including phenoxy) is 3. The van der Waals surface area contributed by atoms with E-state index >= 15 is 0 Å². The topological polar surface area (TPSA) is 90.9 Å². The molecule has 7 heteroatoms. The normalized spacial score (nSPS) is 31.6. The molecule has 132 valence electrons. The Hall–Kier alpha value is -2.57. The van der Waals surface area contributed by atoms with Gasteiger partial charge >= 0.3 is 11.9 Å². The zero-order chi connectivity index (χ0) is 17.6. The van der Waals surface area contributed by atoms with Crippen LogP contribution in [-0.4, -0.2) is 37.7 Å². The Labute approximate surface area is 144 Å². The van der Waals surface area contributed by atoms with Gasteiger partial charge in [-0.1, -0.05) is 12.1 Å². The maximum absolute atomic E-state index is 12.4. The van der Waals surface area contributed by atoms with Crippen LogP contribution in [0.3, 0.4) is 0 Å². The first-order valence-corrected chi connectivity index (χ1v) is 8.38. The van der Waals surface area contributed by atoms with E-state index in [1.54, 1.807) is 24.3 Å². The number of hydrogen-bond acceptors (Lipinski definition) is 6. The van der Waals surface area contributed by atoms with Crippen LogP contribution in [0, 0.1) is 23.7 Å². The average molecular weight is 345 g/mol. The van der Waals surface area contributed by atoms with Crippen molar-refractivity contribution in [2.75, 3.05) is 19.0 Å². The van der Waals surface area contributed by atoms with Gasteiger partial charge in [-0.05, 0) is 30.9 Å². The third kappa shape index (κ3) is 2.63. The highest BCUT2D eigenvalue weighted by Crippen LogP contribution is 2.57. The molecule has 1 N–H and O–H groups in total. The fourth-order valence-electron chi connectivity index (χ4n) is 4.49. The van der Waals surface area contributed by atoms with Crippen molar-refractivity contribution in [3.8, 4) is 5.75 Å². The number of para-hydroxylation sites is 2. The van der Waals surface area contributed by atoms with Gasteiger partial charge in [0.15, 0.2) is 6.61 Å². The lowest BCUT2D eigenvalue weighted by Crippen LogP contribution is -2.35. The molecule has 1 amide bonds. The molecule has 3 aliphatic rings. The molecule has 0 aromatic heterocycles. The quantitative estimate of drug-likeness (QED) is 0.811. The van der Waals surface area contributed by atoms with Crippen molar-refractivity contribution in [1.82, 2.24) is 0 Å². The van der Waals surface area contributed by atoms with Gasteiger partial charge in [-0.15, -0.1) is 0 Å². The Morgan fingerprint density at radius 3 is 2.88 bits per heavy atom. The minimum absolute atomic E-state index is 0.0274. The van der Waals surface area contributed by atoms with Crippen LogP contribution in [0.5, 0.6) is 5.75 Å². The van der Waals surface area contributed by atoms with E-state index in [1.165, 1.54) is 7.11 Å². The summed E-state index contributed by atoms with van der Waals surface area (Å²) in [6, 6.07) is 6.97. The van der Waals surface area contributed by atoms with E-state index in [0.29, 0.717) is 11.4 Å². The van der Waals surface area contributed by atoms with E-state index in [2.05, 4.69) is 5.32 Å². The van der Waals surface area contributed by atoms with E-state index in [9.17, 15) is 14.4 Å². The monoisotopic (exact) mass is 345 g/mol. The Bertz CT molecular complexity index is 730. The SMILES string of the molecule is COc1ccccc1NC(=O)COC(=O)[C@@H]1[C@@H]2C[C@@H]3[C@@H]1C(=O)O[C@@H]3C2. The van der Waals surface area contributed by atoms with Crippen LogP contribution in [0.4, 0.5) is 5.69 Å². The molecule has 2 bridgehead atoms. The molecule has 0 unspecified atom stereocenters. The van der Waals surface area contributed by atoms with E-state index in [-0.39, 0.29) is 23.9 Å². The number of rotatable bonds is 5. The molecule has 1 saturated heterocycles. The van der Waals surface area contributed by atoms with Crippen molar-refractivity contribution in [2.24, 2.45) is 23.7 Å². The molecule has 1 heterocycles. The van der Waals surface area contributed by atoms with Gasteiger partial charge in [0.1, 0.15) is 11.9 Å². The standard InChI is InChI=1S/C18H19NO6/c1-23-12-5-3-2-4-11(12)19-14(20)8-24-17(21)15-9-6-10-13(7-9)25-18(22)16(10)15/h2-5,9-10,13,15-16H,6-8H2,1H3,(H,19,20)/t9-,10+,13-,15-,16+/m1/s1. The minimum atomic E-state index is -0.482. The lowest BCUT2D eigenvalue weighted by atomic mass is 9.80. The molecule has 5 atom stereocenters. The summed E-state index contributed by atoms with van der Waals surface area (Å²) in [5.41, 5.74) is 0.508. The number of carbonyl (C=O) groups excluding carboxylic acids is 3. The molecule has 1 aliphatic heterocycles. The van der Waals surface area contributed by atoms with Crippen LogP contribution < -0.4 is 10.1 Å². The molecule has 25 heavy (non-hydrogen) atoms. The first-order chi connectivity index (χ1) is 12.1. The highest BCUT2D eigenvalue weighted by Gasteiger charge is 2.64. The molecule has 7 nitrogen and oxygen atoms in total. The number of methoxy groups -OCH3 is 1. The Morgan fingerprint density at radius 1 is 1.28 bits per heavy atom. The number of fused-ring (bicyclic) bond motifs is 1. The fraction of sp³-hybridized carbons (Fsp3) is 0.500. The number of esters is 2. The van der Waals surface area contributed by atoms with Crippen LogP contribution in [0.15, 0.2) is 24.3 Å². The fourth-order valence-corrected chi connectivity index (χ4v) is 4.49. The van der Waals surface area contributed by atoms with Crippen molar-refractivity contribution in [2.45, 2.75) is 18.9 Å². The highest BCUT2D eigenvalue weighted by atomic mass is 16.6. The first kappa shape index (κ1) is 15.9. The summed E-state index contributed by atoms with van der Waals surface area (Å²) in [5, 5.41) is 2.65. The van der Waals surface area contributed by atoms with Crippen LogP contribution in [0.25, 0.3) is 0 Å². The van der Waals surface area contributed by atoms with E-state index in [1.807, 2.05) is 0 Å². The summed E-state index contributed by atoms with van der Waals surface area (Å²) in [7, 11) is 1.51. The molecule has 2 aliphatic carbocycles. The summed E-state index contributed by atoms with van der Waals surface area (Å²) < 4.78 is 15.7. The Balaban J connectivity index is 1.35. The maximum atomic E-state index is 12.4. The molecule has 3 fully saturated rings. The molecule has 2 saturated carbocycles. The van der Waals surface area contributed by atoms with Gasteiger partial charge in [-0.3, -0.25) is 14.4 Å². The van der Waals surface area contributed by atoms with Gasteiger partial charge in [-0.2, -0.15) is 0 Å². The highest BCUT2D eigenvalue weighted by molar-refractivity contribution is 5.94. The maximum Gasteiger partial charge on any atom is 0.310 e. The predicted molar refractivity (Wildman–Crippen MR) is 85.7 cm³/mol. The van der Waals surface area contributed by atoms with E-state index < -0.39 is 30.3 Å². The summed E-state index contributed by atoms with van der Waals surface area (Å²) in [6.07, 6.45) is 1.52. The molecule has 0 radical (unpaired) electrons. The van der Waals surface area contributed by atoms with Gasteiger partial charge in [0, 0.05) is 5.92 Å². The molecule has 0 spiro atoms. The summed E-state index contributed by atoms with van der Waals surface area (Å²) >= 11 is 0. The van der Waals surface area contributed by atoms with E-state index in [0.717, 1.165) is 12.8 Å². The van der Waals surface area contributed by atoms with E-state index in [4.69, 9.17) is 14.2 Å². The third-order valence-electron chi connectivity index (χ3n) is 5.48. The lowest BCUT2D eigenvalue weighted by molar-refractivity contribution is -0.157. The summed E-state index contributed by atoms with van der Waals surface area (Å²) in [6.45, 7) is -0.393. The molecular weight excluding hydrogens is 326 g/mol. The second-order valence-electron chi connectivity index (χ2n) is 6.78. The minimum Gasteiger partial charge on any atom is -0.495 e. The van der Waals surface area contributed by atoms with Crippen LogP contribution >= 0.6 is 0 Å². The molecular formula is C18H19NO6. The van der Waals surface area contributed by atoms with Gasteiger partial charge in [0.2, 0.25) is 0 Å². The van der Waals surface area contributed by atoms with Crippen molar-refractivity contribution in [1.29, 1.82) is 0 Å². The number of hydrogen-bond donors (Lipinski definition) is 1. The zero-order valence-corrected chi connectivity index (χ0v) is 13.8. The predicted octanol–water partition coefficient (Wildman–Crippen LogP) is 1.37. The molecule has 4 rings (SSSR count). The zero-order valence-electron chi connectivity index (χ0n) is 13.8. The number of amides is 1.